The number of anilines is 1. The zero-order valence-electron chi connectivity index (χ0n) is 19.3. The molecular weight excluding hydrogens is 445 g/mol. The van der Waals surface area contributed by atoms with Crippen molar-refractivity contribution in [2.24, 2.45) is 5.92 Å². The zero-order chi connectivity index (χ0) is 24.4. The second-order valence-corrected chi connectivity index (χ2v) is 8.76. The highest BCUT2D eigenvalue weighted by Gasteiger charge is 2.29. The van der Waals surface area contributed by atoms with Crippen molar-refractivity contribution in [2.45, 2.75) is 25.6 Å². The average molecular weight is 472 g/mol. The van der Waals surface area contributed by atoms with E-state index in [-0.39, 0.29) is 0 Å². The molecule has 1 aromatic heterocycles. The van der Waals surface area contributed by atoms with Gasteiger partial charge in [-0.05, 0) is 70.9 Å². The van der Waals surface area contributed by atoms with Gasteiger partial charge in [0.1, 0.15) is 5.75 Å². The van der Waals surface area contributed by atoms with E-state index in [4.69, 9.17) is 9.84 Å². The lowest BCUT2D eigenvalue weighted by Crippen LogP contribution is -2.15. The number of allylic oxidation sites excluding steroid dienone is 1. The van der Waals surface area contributed by atoms with Crippen LogP contribution in [0.15, 0.2) is 67.0 Å². The Morgan fingerprint density at radius 3 is 2.54 bits per heavy atom. The standard InChI is InChI=1S/C28H26FN3O3/c1-35-22-13-21(15-30-16-22)27(18-3-2-4-18)26(19-8-5-17(6-9-19)7-12-25(33)34)20-10-11-24-23(14-20)28(29)32-31-24/h5-16,18,28,31-32H,2-4H2,1H3,(H,33,34)/b12-7+,27-26+. The summed E-state index contributed by atoms with van der Waals surface area (Å²) in [5.41, 5.74) is 12.6. The lowest BCUT2D eigenvalue weighted by atomic mass is 9.73. The van der Waals surface area contributed by atoms with Gasteiger partial charge in [-0.25, -0.2) is 14.6 Å². The number of methoxy groups -OCH3 is 1. The van der Waals surface area contributed by atoms with Gasteiger partial charge in [0, 0.05) is 23.4 Å². The summed E-state index contributed by atoms with van der Waals surface area (Å²) in [6, 6.07) is 15.6. The predicted octanol–water partition coefficient (Wildman–Crippen LogP) is 5.85. The average Bonchev–Trinajstić information content (AvgIpc) is 3.22. The highest BCUT2D eigenvalue weighted by molar-refractivity contribution is 6.00. The van der Waals surface area contributed by atoms with E-state index in [1.807, 2.05) is 54.7 Å². The number of nitrogens with zero attached hydrogens (tertiary/aromatic N) is 1. The largest absolute Gasteiger partial charge is 0.495 e. The lowest BCUT2D eigenvalue weighted by Gasteiger charge is -2.31. The van der Waals surface area contributed by atoms with Crippen LogP contribution in [0.3, 0.4) is 0 Å². The molecule has 1 saturated carbocycles. The van der Waals surface area contributed by atoms with Gasteiger partial charge >= 0.3 is 5.97 Å². The second-order valence-electron chi connectivity index (χ2n) is 8.76. The number of aromatic nitrogens is 1. The van der Waals surface area contributed by atoms with Crippen LogP contribution in [0.25, 0.3) is 17.2 Å². The van der Waals surface area contributed by atoms with Gasteiger partial charge < -0.3 is 15.3 Å². The van der Waals surface area contributed by atoms with Crippen molar-refractivity contribution < 1.29 is 19.0 Å². The van der Waals surface area contributed by atoms with Crippen LogP contribution < -0.4 is 15.6 Å². The van der Waals surface area contributed by atoms with Crippen LogP contribution >= 0.6 is 0 Å². The number of hydrazine groups is 1. The molecule has 0 spiro atoms. The maximum atomic E-state index is 14.6. The third kappa shape index (κ3) is 4.68. The normalized spacial score (nSPS) is 17.9. The highest BCUT2D eigenvalue weighted by atomic mass is 19.1. The summed E-state index contributed by atoms with van der Waals surface area (Å²) in [5, 5.41) is 8.95. The van der Waals surface area contributed by atoms with Gasteiger partial charge in [0.25, 0.3) is 0 Å². The third-order valence-electron chi connectivity index (χ3n) is 6.61. The summed E-state index contributed by atoms with van der Waals surface area (Å²) in [4.78, 5) is 15.3. The van der Waals surface area contributed by atoms with Gasteiger partial charge in [0.15, 0.2) is 6.30 Å². The number of carboxylic acid groups (broad SMARTS) is 1. The summed E-state index contributed by atoms with van der Waals surface area (Å²) in [5.74, 6) is 0.0313. The van der Waals surface area contributed by atoms with Gasteiger partial charge in [-0.15, -0.1) is 0 Å². The number of fused-ring (bicyclic) bond motifs is 1. The van der Waals surface area contributed by atoms with Gasteiger partial charge in [-0.1, -0.05) is 36.8 Å². The van der Waals surface area contributed by atoms with Crippen LogP contribution in [0, 0.1) is 5.92 Å². The molecule has 1 atom stereocenters. The molecule has 1 aliphatic carbocycles. The SMILES string of the molecule is COc1cncc(/C(=C(\c2ccc(/C=C/C(=O)O)cc2)c2ccc3c(c2)C(F)NN3)C2CCC2)c1. The smallest absolute Gasteiger partial charge is 0.328 e. The molecule has 0 radical (unpaired) electrons. The number of carboxylic acids is 1. The molecule has 1 unspecified atom stereocenters. The highest BCUT2D eigenvalue weighted by Crippen LogP contribution is 2.46. The minimum Gasteiger partial charge on any atom is -0.495 e. The van der Waals surface area contributed by atoms with Crippen molar-refractivity contribution in [3.63, 3.8) is 0 Å². The summed E-state index contributed by atoms with van der Waals surface area (Å²) in [6.07, 6.45) is 8.22. The van der Waals surface area contributed by atoms with E-state index in [0.29, 0.717) is 17.2 Å². The molecule has 7 heteroatoms. The van der Waals surface area contributed by atoms with Crippen LogP contribution in [0.2, 0.25) is 0 Å². The number of halogens is 1. The monoisotopic (exact) mass is 471 g/mol. The minimum atomic E-state index is -1.29. The number of nitrogens with one attached hydrogen (secondary N) is 2. The fourth-order valence-electron chi connectivity index (χ4n) is 4.63. The molecule has 5 rings (SSSR count). The first kappa shape index (κ1) is 22.8. The first-order valence-electron chi connectivity index (χ1n) is 11.6. The number of pyridine rings is 1. The molecule has 6 nitrogen and oxygen atoms in total. The number of aliphatic carboxylic acids is 1. The lowest BCUT2D eigenvalue weighted by molar-refractivity contribution is -0.131. The second kappa shape index (κ2) is 9.72. The number of carbonyl (C=O) groups is 1. The van der Waals surface area contributed by atoms with Crippen LogP contribution in [-0.2, 0) is 4.79 Å². The molecule has 2 aromatic carbocycles. The molecule has 2 aliphatic rings. The van der Waals surface area contributed by atoms with Crippen LogP contribution in [0.4, 0.5) is 10.1 Å². The van der Waals surface area contributed by atoms with Crippen LogP contribution in [0.1, 0.15) is 53.4 Å². The van der Waals surface area contributed by atoms with Crippen molar-refractivity contribution in [2.75, 3.05) is 12.5 Å². The number of ether oxygens (including phenoxy) is 1. The van der Waals surface area contributed by atoms with Crippen LogP contribution in [-0.4, -0.2) is 23.2 Å². The zero-order valence-corrected chi connectivity index (χ0v) is 19.3. The molecule has 0 bridgehead atoms. The summed E-state index contributed by atoms with van der Waals surface area (Å²) < 4.78 is 20.0. The molecule has 35 heavy (non-hydrogen) atoms. The maximum Gasteiger partial charge on any atom is 0.328 e. The Balaban J connectivity index is 1.71. The van der Waals surface area contributed by atoms with E-state index in [2.05, 4.69) is 15.8 Å². The number of hydrogen-bond acceptors (Lipinski definition) is 5. The summed E-state index contributed by atoms with van der Waals surface area (Å²) >= 11 is 0. The van der Waals surface area contributed by atoms with E-state index in [0.717, 1.165) is 64.4 Å². The van der Waals surface area contributed by atoms with Gasteiger partial charge in [-0.2, -0.15) is 0 Å². The fraction of sp³-hybridized carbons (Fsp3) is 0.214. The third-order valence-corrected chi connectivity index (χ3v) is 6.61. The van der Waals surface area contributed by atoms with Crippen molar-refractivity contribution in [1.82, 2.24) is 10.4 Å². The summed E-state index contributed by atoms with van der Waals surface area (Å²) in [6.45, 7) is 0. The Labute approximate surface area is 203 Å². The quantitative estimate of drug-likeness (QED) is 0.296. The minimum absolute atomic E-state index is 0.344. The van der Waals surface area contributed by atoms with Crippen LogP contribution in [0.5, 0.6) is 5.75 Å². The number of hydrogen-bond donors (Lipinski definition) is 3. The summed E-state index contributed by atoms with van der Waals surface area (Å²) in [7, 11) is 1.62. The molecule has 1 fully saturated rings. The first-order valence-corrected chi connectivity index (χ1v) is 11.6. The van der Waals surface area contributed by atoms with E-state index < -0.39 is 12.3 Å². The predicted molar refractivity (Wildman–Crippen MR) is 134 cm³/mol. The van der Waals surface area contributed by atoms with E-state index in [1.54, 1.807) is 19.4 Å². The maximum absolute atomic E-state index is 14.6. The number of alkyl halides is 1. The fourth-order valence-corrected chi connectivity index (χ4v) is 4.63. The first-order chi connectivity index (χ1) is 17.0. The molecule has 2 heterocycles. The molecule has 3 N–H and O–H groups in total. The topological polar surface area (TPSA) is 83.5 Å². The van der Waals surface area contributed by atoms with E-state index in [9.17, 15) is 9.18 Å². The molecule has 3 aromatic rings. The molecule has 178 valence electrons. The molecular formula is C28H26FN3O3. The van der Waals surface area contributed by atoms with Gasteiger partial charge in [0.2, 0.25) is 0 Å². The van der Waals surface area contributed by atoms with Crippen molar-refractivity contribution in [1.29, 1.82) is 0 Å². The van der Waals surface area contributed by atoms with Gasteiger partial charge in [-0.3, -0.25) is 4.98 Å². The Kier molecular flexibility index (Phi) is 6.33. The molecule has 0 amide bonds. The van der Waals surface area contributed by atoms with Crippen molar-refractivity contribution in [3.8, 4) is 5.75 Å². The van der Waals surface area contributed by atoms with E-state index in [1.165, 1.54) is 0 Å². The Morgan fingerprint density at radius 2 is 1.86 bits per heavy atom. The van der Waals surface area contributed by atoms with Crippen molar-refractivity contribution >= 4 is 28.9 Å². The molecule has 1 aliphatic heterocycles. The Hall–Kier alpha value is -3.97. The molecule has 0 saturated heterocycles. The number of rotatable bonds is 7. The Morgan fingerprint density at radius 1 is 1.09 bits per heavy atom. The van der Waals surface area contributed by atoms with Gasteiger partial charge in [0.05, 0.1) is 19.0 Å². The van der Waals surface area contributed by atoms with Crippen molar-refractivity contribution in [3.05, 3.63) is 94.8 Å². The Bertz CT molecular complexity index is 1310. The number of benzene rings is 2. The van der Waals surface area contributed by atoms with E-state index >= 15 is 0 Å².